The van der Waals surface area contributed by atoms with Gasteiger partial charge >= 0.3 is 0 Å². The van der Waals surface area contributed by atoms with Crippen LogP contribution in [0.1, 0.15) is 10.4 Å². The Bertz CT molecular complexity index is 1310. The Morgan fingerprint density at radius 1 is 1.00 bits per heavy atom. The number of nitro groups is 1. The molecule has 1 amide bonds. The number of aromatic nitrogens is 1. The molecule has 2 saturated heterocycles. The number of nitro benzene ring substituents is 1. The number of rotatable bonds is 3. The zero-order valence-corrected chi connectivity index (χ0v) is 18.3. The fourth-order valence-electron chi connectivity index (χ4n) is 4.75. The first kappa shape index (κ1) is 20.8. The summed E-state index contributed by atoms with van der Waals surface area (Å²) < 4.78 is 0. The topological polar surface area (TPSA) is 99.5 Å². The maximum atomic E-state index is 13.3. The summed E-state index contributed by atoms with van der Waals surface area (Å²) in [6, 6.07) is 10.9. The van der Waals surface area contributed by atoms with Crippen LogP contribution in [-0.4, -0.2) is 46.9 Å². The highest BCUT2D eigenvalue weighted by Crippen LogP contribution is 2.37. The SMILES string of the molecule is O=C(c1cc(=O)[nH]c2ccc([N+](=O)[O-])cc12)N1CC2CN(c3ccc(Cl)c(Cl)c3)CC2C1. The summed E-state index contributed by atoms with van der Waals surface area (Å²) in [7, 11) is 0. The van der Waals surface area contributed by atoms with Crippen molar-refractivity contribution in [1.82, 2.24) is 9.88 Å². The number of fused-ring (bicyclic) bond motifs is 2. The van der Waals surface area contributed by atoms with Crippen molar-refractivity contribution in [2.75, 3.05) is 31.1 Å². The number of aromatic amines is 1. The summed E-state index contributed by atoms with van der Waals surface area (Å²) in [4.78, 5) is 42.7. The molecule has 2 unspecified atom stereocenters. The molecule has 0 saturated carbocycles. The molecule has 0 bridgehead atoms. The molecule has 0 aliphatic carbocycles. The van der Waals surface area contributed by atoms with Gasteiger partial charge in [-0.1, -0.05) is 23.2 Å². The Morgan fingerprint density at radius 2 is 1.72 bits per heavy atom. The zero-order chi connectivity index (χ0) is 22.6. The van der Waals surface area contributed by atoms with E-state index in [-0.39, 0.29) is 29.0 Å². The van der Waals surface area contributed by atoms with Crippen molar-refractivity contribution in [2.24, 2.45) is 11.8 Å². The number of likely N-dealkylation sites (tertiary alicyclic amines) is 1. The first-order valence-electron chi connectivity index (χ1n) is 10.1. The second-order valence-corrected chi connectivity index (χ2v) is 9.08. The summed E-state index contributed by atoms with van der Waals surface area (Å²) in [6.45, 7) is 2.69. The molecule has 32 heavy (non-hydrogen) atoms. The number of nitrogens with zero attached hydrogens (tertiary/aromatic N) is 3. The van der Waals surface area contributed by atoms with E-state index in [4.69, 9.17) is 23.2 Å². The first-order chi connectivity index (χ1) is 15.3. The number of halogens is 2. The van der Waals surface area contributed by atoms with Crippen molar-refractivity contribution in [3.63, 3.8) is 0 Å². The molecule has 5 rings (SSSR count). The second-order valence-electron chi connectivity index (χ2n) is 8.27. The molecule has 2 aromatic carbocycles. The van der Waals surface area contributed by atoms with Crippen molar-refractivity contribution < 1.29 is 9.72 Å². The minimum absolute atomic E-state index is 0.130. The largest absolute Gasteiger partial charge is 0.371 e. The molecule has 0 radical (unpaired) electrons. The van der Waals surface area contributed by atoms with E-state index in [2.05, 4.69) is 9.88 Å². The number of anilines is 1. The normalized spacial score (nSPS) is 20.1. The van der Waals surface area contributed by atoms with Crippen LogP contribution in [0.4, 0.5) is 11.4 Å². The average molecular weight is 473 g/mol. The first-order valence-corrected chi connectivity index (χ1v) is 10.9. The van der Waals surface area contributed by atoms with Gasteiger partial charge in [0, 0.05) is 72.8 Å². The minimum Gasteiger partial charge on any atom is -0.371 e. The lowest BCUT2D eigenvalue weighted by Crippen LogP contribution is -2.34. The predicted octanol–water partition coefficient (Wildman–Crippen LogP) is 3.95. The molecule has 2 aliphatic rings. The molecule has 0 spiro atoms. The molecule has 2 fully saturated rings. The molecule has 1 N–H and O–H groups in total. The van der Waals surface area contributed by atoms with E-state index in [1.807, 2.05) is 12.1 Å². The Labute approximate surface area is 192 Å². The van der Waals surface area contributed by atoms with Crippen molar-refractivity contribution in [1.29, 1.82) is 0 Å². The van der Waals surface area contributed by atoms with E-state index in [9.17, 15) is 19.7 Å². The van der Waals surface area contributed by atoms with Crippen LogP contribution in [0.2, 0.25) is 10.0 Å². The van der Waals surface area contributed by atoms with Gasteiger partial charge in [0.2, 0.25) is 5.56 Å². The smallest absolute Gasteiger partial charge is 0.270 e. The van der Waals surface area contributed by atoms with Crippen LogP contribution in [0, 0.1) is 22.0 Å². The number of nitrogens with one attached hydrogen (secondary N) is 1. The summed E-state index contributed by atoms with van der Waals surface area (Å²) >= 11 is 12.2. The maximum absolute atomic E-state index is 13.3. The Morgan fingerprint density at radius 3 is 2.38 bits per heavy atom. The van der Waals surface area contributed by atoms with Crippen LogP contribution in [0.25, 0.3) is 10.9 Å². The molecule has 3 heterocycles. The molecular weight excluding hydrogens is 455 g/mol. The predicted molar refractivity (Wildman–Crippen MR) is 123 cm³/mol. The van der Waals surface area contributed by atoms with Gasteiger partial charge in [0.15, 0.2) is 0 Å². The highest BCUT2D eigenvalue weighted by molar-refractivity contribution is 6.42. The summed E-state index contributed by atoms with van der Waals surface area (Å²) in [6.07, 6.45) is 0. The third-order valence-electron chi connectivity index (χ3n) is 6.31. The molecular formula is C22H18Cl2N4O4. The summed E-state index contributed by atoms with van der Waals surface area (Å²) in [5.74, 6) is 0.295. The fraction of sp³-hybridized carbons (Fsp3) is 0.273. The van der Waals surface area contributed by atoms with Crippen molar-refractivity contribution in [2.45, 2.75) is 0 Å². The van der Waals surface area contributed by atoms with E-state index in [0.717, 1.165) is 18.8 Å². The lowest BCUT2D eigenvalue weighted by atomic mass is 10.0. The van der Waals surface area contributed by atoms with Crippen LogP contribution in [0.5, 0.6) is 0 Å². The van der Waals surface area contributed by atoms with Gasteiger partial charge < -0.3 is 14.8 Å². The number of H-pyrrole nitrogens is 1. The number of pyridine rings is 1. The summed E-state index contributed by atoms with van der Waals surface area (Å²) in [5, 5.41) is 12.6. The molecule has 164 valence electrons. The van der Waals surface area contributed by atoms with Crippen LogP contribution >= 0.6 is 23.2 Å². The van der Waals surface area contributed by atoms with Gasteiger partial charge in [-0.15, -0.1) is 0 Å². The third kappa shape index (κ3) is 3.59. The Hall–Kier alpha value is -3.10. The van der Waals surface area contributed by atoms with Gasteiger partial charge in [0.25, 0.3) is 11.6 Å². The van der Waals surface area contributed by atoms with Crippen LogP contribution in [-0.2, 0) is 0 Å². The lowest BCUT2D eigenvalue weighted by Gasteiger charge is -2.24. The van der Waals surface area contributed by atoms with Gasteiger partial charge in [-0.25, -0.2) is 0 Å². The minimum atomic E-state index is -0.517. The molecule has 1 aromatic heterocycles. The number of hydrogen-bond donors (Lipinski definition) is 1. The van der Waals surface area contributed by atoms with Crippen molar-refractivity contribution in [3.8, 4) is 0 Å². The quantitative estimate of drug-likeness (QED) is 0.459. The fourth-order valence-corrected chi connectivity index (χ4v) is 5.05. The van der Waals surface area contributed by atoms with E-state index in [1.165, 1.54) is 24.3 Å². The lowest BCUT2D eigenvalue weighted by molar-refractivity contribution is -0.384. The number of carbonyl (C=O) groups is 1. The molecule has 8 nitrogen and oxygen atoms in total. The number of hydrogen-bond acceptors (Lipinski definition) is 5. The maximum Gasteiger partial charge on any atom is 0.270 e. The number of non-ortho nitro benzene ring substituents is 1. The van der Waals surface area contributed by atoms with Crippen molar-refractivity contribution >= 4 is 51.4 Å². The van der Waals surface area contributed by atoms with Gasteiger partial charge in [0.05, 0.1) is 20.5 Å². The Balaban J connectivity index is 1.38. The number of amides is 1. The van der Waals surface area contributed by atoms with Gasteiger partial charge in [-0.3, -0.25) is 19.7 Å². The van der Waals surface area contributed by atoms with Crippen LogP contribution in [0.15, 0.2) is 47.3 Å². The average Bonchev–Trinajstić information content (AvgIpc) is 3.33. The van der Waals surface area contributed by atoms with Crippen LogP contribution < -0.4 is 10.5 Å². The monoisotopic (exact) mass is 472 g/mol. The van der Waals surface area contributed by atoms with Gasteiger partial charge in [0.1, 0.15) is 0 Å². The highest BCUT2D eigenvalue weighted by atomic mass is 35.5. The van der Waals surface area contributed by atoms with Gasteiger partial charge in [-0.05, 0) is 24.3 Å². The molecule has 10 heteroatoms. The van der Waals surface area contributed by atoms with Crippen LogP contribution in [0.3, 0.4) is 0 Å². The number of carbonyl (C=O) groups excluding carboxylic acids is 1. The van der Waals surface area contributed by atoms with Crippen molar-refractivity contribution in [3.05, 3.63) is 78.5 Å². The third-order valence-corrected chi connectivity index (χ3v) is 7.05. The molecule has 2 atom stereocenters. The summed E-state index contributed by atoms with van der Waals surface area (Å²) in [5.41, 5.74) is 1.04. The standard InChI is InChI=1S/C22H18Cl2N4O4/c23-18-3-1-14(6-19(18)24)26-8-12-10-27(11-13(12)9-26)22(30)17-7-21(29)25-20-4-2-15(28(31)32)5-16(17)20/h1-7,12-13H,8-11H2,(H,25,29). The van der Waals surface area contributed by atoms with E-state index >= 15 is 0 Å². The molecule has 2 aliphatic heterocycles. The molecule has 3 aromatic rings. The van der Waals surface area contributed by atoms with E-state index in [1.54, 1.807) is 11.0 Å². The Kier molecular flexibility index (Phi) is 5.06. The highest BCUT2D eigenvalue weighted by Gasteiger charge is 2.42. The number of benzene rings is 2. The zero-order valence-electron chi connectivity index (χ0n) is 16.8. The van der Waals surface area contributed by atoms with E-state index < -0.39 is 10.5 Å². The van der Waals surface area contributed by atoms with Gasteiger partial charge in [-0.2, -0.15) is 0 Å². The van der Waals surface area contributed by atoms with E-state index in [0.29, 0.717) is 34.0 Å². The second kappa shape index (κ2) is 7.79.